The molecule has 0 spiro atoms. The first-order valence-electron chi connectivity index (χ1n) is 7.72. The van der Waals surface area contributed by atoms with E-state index in [1.54, 1.807) is 0 Å². The molecule has 2 aliphatic rings. The van der Waals surface area contributed by atoms with Gasteiger partial charge in [0.25, 0.3) is 0 Å². The third-order valence-corrected chi connectivity index (χ3v) is 4.57. The van der Waals surface area contributed by atoms with Crippen LogP contribution in [0.1, 0.15) is 11.1 Å². The molecule has 1 unspecified atom stereocenters. The average molecular weight is 318 g/mol. The standard InChI is InChI=1S/C21H16ClN/c22-19-11-12-20-16(15-19)13-14-21(23-20,17-7-3-1-4-8-17)18-9-5-2-6-10-18/h1-15,19H. The second kappa shape index (κ2) is 5.68. The fourth-order valence-corrected chi connectivity index (χ4v) is 3.35. The summed E-state index contributed by atoms with van der Waals surface area (Å²) in [5.74, 6) is 0. The van der Waals surface area contributed by atoms with Gasteiger partial charge in [0.05, 0.1) is 11.1 Å². The van der Waals surface area contributed by atoms with Gasteiger partial charge < -0.3 is 0 Å². The summed E-state index contributed by atoms with van der Waals surface area (Å²) >= 11 is 6.19. The van der Waals surface area contributed by atoms with Crippen molar-refractivity contribution >= 4 is 17.3 Å². The molecule has 4 rings (SSSR count). The number of allylic oxidation sites excluding steroid dienone is 5. The molecule has 1 heterocycles. The zero-order valence-electron chi connectivity index (χ0n) is 12.6. The van der Waals surface area contributed by atoms with Crippen molar-refractivity contribution in [3.63, 3.8) is 0 Å². The SMILES string of the molecule is ClC1C=CC2=NC(c3ccccc3)(c3ccccc3)C=CC2=C1. The summed E-state index contributed by atoms with van der Waals surface area (Å²) in [5, 5.41) is -0.0606. The van der Waals surface area contributed by atoms with Gasteiger partial charge in [-0.25, -0.2) is 0 Å². The fraction of sp³-hybridized carbons (Fsp3) is 0.0952. The Morgan fingerprint density at radius 3 is 2.04 bits per heavy atom. The average Bonchev–Trinajstić information content (AvgIpc) is 2.63. The van der Waals surface area contributed by atoms with Gasteiger partial charge in [0.15, 0.2) is 0 Å². The van der Waals surface area contributed by atoms with Crippen molar-refractivity contribution in [1.82, 2.24) is 0 Å². The lowest BCUT2D eigenvalue weighted by atomic mass is 9.80. The number of dihydropyridines is 1. The molecule has 2 aromatic rings. The molecule has 2 heteroatoms. The number of alkyl halides is 1. The van der Waals surface area contributed by atoms with E-state index in [0.717, 1.165) is 22.4 Å². The molecule has 0 bridgehead atoms. The minimum Gasteiger partial charge on any atom is -0.264 e. The molecule has 0 amide bonds. The van der Waals surface area contributed by atoms with Gasteiger partial charge in [0, 0.05) is 0 Å². The molecule has 1 aliphatic carbocycles. The maximum absolute atomic E-state index is 6.19. The van der Waals surface area contributed by atoms with Crippen LogP contribution in [-0.2, 0) is 5.54 Å². The van der Waals surface area contributed by atoms with E-state index in [0.29, 0.717) is 0 Å². The molecular formula is C21H16ClN. The van der Waals surface area contributed by atoms with Crippen LogP contribution in [0.15, 0.2) is 102 Å². The van der Waals surface area contributed by atoms with E-state index in [2.05, 4.69) is 60.7 Å². The minimum atomic E-state index is -0.487. The lowest BCUT2D eigenvalue weighted by molar-refractivity contribution is 0.680. The monoisotopic (exact) mass is 317 g/mol. The lowest BCUT2D eigenvalue weighted by Crippen LogP contribution is -2.28. The van der Waals surface area contributed by atoms with Gasteiger partial charge in [-0.05, 0) is 28.9 Å². The summed E-state index contributed by atoms with van der Waals surface area (Å²) in [6.07, 6.45) is 10.4. The second-order valence-corrected chi connectivity index (χ2v) is 6.26. The Morgan fingerprint density at radius 1 is 0.826 bits per heavy atom. The Bertz CT molecular complexity index is 789. The van der Waals surface area contributed by atoms with Crippen LogP contribution in [0.25, 0.3) is 0 Å². The number of nitrogens with zero attached hydrogens (tertiary/aromatic N) is 1. The quantitative estimate of drug-likeness (QED) is 0.688. The molecule has 0 radical (unpaired) electrons. The summed E-state index contributed by atoms with van der Waals surface area (Å²) in [6, 6.07) is 20.8. The fourth-order valence-electron chi connectivity index (χ4n) is 3.14. The zero-order valence-corrected chi connectivity index (χ0v) is 13.3. The summed E-state index contributed by atoms with van der Waals surface area (Å²) in [7, 11) is 0. The normalized spacial score (nSPS) is 21.3. The summed E-state index contributed by atoms with van der Waals surface area (Å²) in [4.78, 5) is 5.13. The smallest absolute Gasteiger partial charge is 0.130 e. The van der Waals surface area contributed by atoms with E-state index in [4.69, 9.17) is 16.6 Å². The van der Waals surface area contributed by atoms with Gasteiger partial charge in [-0.3, -0.25) is 4.99 Å². The van der Waals surface area contributed by atoms with E-state index in [1.807, 2.05) is 30.4 Å². The van der Waals surface area contributed by atoms with Crippen LogP contribution >= 0.6 is 11.6 Å². The van der Waals surface area contributed by atoms with Crippen molar-refractivity contribution in [2.75, 3.05) is 0 Å². The predicted molar refractivity (Wildman–Crippen MR) is 97.1 cm³/mol. The Kier molecular flexibility index (Phi) is 3.51. The van der Waals surface area contributed by atoms with Crippen LogP contribution in [0.2, 0.25) is 0 Å². The first kappa shape index (κ1) is 14.2. The van der Waals surface area contributed by atoms with E-state index in [-0.39, 0.29) is 5.38 Å². The van der Waals surface area contributed by atoms with Gasteiger partial charge in [-0.15, -0.1) is 11.6 Å². The number of halogens is 1. The summed E-state index contributed by atoms with van der Waals surface area (Å²) in [5.41, 5.74) is 3.91. The number of hydrogen-bond donors (Lipinski definition) is 0. The first-order chi connectivity index (χ1) is 11.3. The molecule has 0 fully saturated rings. The minimum absolute atomic E-state index is 0.0606. The van der Waals surface area contributed by atoms with E-state index >= 15 is 0 Å². The molecule has 2 aromatic carbocycles. The van der Waals surface area contributed by atoms with E-state index in [9.17, 15) is 0 Å². The largest absolute Gasteiger partial charge is 0.264 e. The van der Waals surface area contributed by atoms with Crippen molar-refractivity contribution in [3.8, 4) is 0 Å². The number of hydrogen-bond acceptors (Lipinski definition) is 1. The Balaban J connectivity index is 1.93. The maximum atomic E-state index is 6.19. The number of aliphatic imine (C=N–C) groups is 1. The van der Waals surface area contributed by atoms with Crippen LogP contribution in [0, 0.1) is 0 Å². The molecule has 0 N–H and O–H groups in total. The lowest BCUT2D eigenvalue weighted by Gasteiger charge is -2.32. The third kappa shape index (κ3) is 2.47. The van der Waals surface area contributed by atoms with Crippen molar-refractivity contribution in [3.05, 3.63) is 108 Å². The maximum Gasteiger partial charge on any atom is 0.130 e. The summed E-state index contributed by atoms with van der Waals surface area (Å²) in [6.45, 7) is 0. The van der Waals surface area contributed by atoms with Crippen molar-refractivity contribution in [2.24, 2.45) is 4.99 Å². The zero-order chi connectivity index (χ0) is 15.7. The van der Waals surface area contributed by atoms with E-state index < -0.39 is 5.54 Å². The Labute approximate surface area is 141 Å². The topological polar surface area (TPSA) is 12.4 Å². The van der Waals surface area contributed by atoms with Crippen LogP contribution in [0.3, 0.4) is 0 Å². The summed E-state index contributed by atoms with van der Waals surface area (Å²) < 4.78 is 0. The van der Waals surface area contributed by atoms with Crippen molar-refractivity contribution in [2.45, 2.75) is 10.9 Å². The number of rotatable bonds is 2. The van der Waals surface area contributed by atoms with E-state index in [1.165, 1.54) is 0 Å². The highest BCUT2D eigenvalue weighted by Gasteiger charge is 2.34. The molecule has 23 heavy (non-hydrogen) atoms. The van der Waals surface area contributed by atoms with Gasteiger partial charge in [-0.2, -0.15) is 0 Å². The molecule has 0 saturated heterocycles. The molecule has 0 aromatic heterocycles. The second-order valence-electron chi connectivity index (χ2n) is 5.75. The third-order valence-electron chi connectivity index (χ3n) is 4.30. The highest BCUT2D eigenvalue weighted by molar-refractivity contribution is 6.25. The van der Waals surface area contributed by atoms with Gasteiger partial charge in [0.2, 0.25) is 0 Å². The van der Waals surface area contributed by atoms with Crippen LogP contribution in [-0.4, -0.2) is 11.1 Å². The molecular weight excluding hydrogens is 302 g/mol. The molecule has 0 saturated carbocycles. The van der Waals surface area contributed by atoms with Crippen LogP contribution in [0.5, 0.6) is 0 Å². The predicted octanol–water partition coefficient (Wildman–Crippen LogP) is 5.04. The Hall–Kier alpha value is -2.38. The van der Waals surface area contributed by atoms with Crippen LogP contribution in [0.4, 0.5) is 0 Å². The number of benzene rings is 2. The van der Waals surface area contributed by atoms with Gasteiger partial charge >= 0.3 is 0 Å². The molecule has 112 valence electrons. The molecule has 1 atom stereocenters. The highest BCUT2D eigenvalue weighted by Crippen LogP contribution is 2.39. The molecule has 1 nitrogen and oxygen atoms in total. The van der Waals surface area contributed by atoms with Crippen LogP contribution < -0.4 is 0 Å². The first-order valence-corrected chi connectivity index (χ1v) is 8.16. The Morgan fingerprint density at radius 2 is 1.43 bits per heavy atom. The van der Waals surface area contributed by atoms with Gasteiger partial charge in [-0.1, -0.05) is 78.9 Å². The molecule has 1 aliphatic heterocycles. The number of fused-ring (bicyclic) bond motifs is 1. The van der Waals surface area contributed by atoms with Crippen molar-refractivity contribution < 1.29 is 0 Å². The van der Waals surface area contributed by atoms with Crippen molar-refractivity contribution in [1.29, 1.82) is 0 Å². The van der Waals surface area contributed by atoms with Gasteiger partial charge in [0.1, 0.15) is 5.54 Å². The highest BCUT2D eigenvalue weighted by atomic mass is 35.5.